The molecule has 6 aromatic carbocycles. The molecule has 0 bridgehead atoms. The monoisotopic (exact) mass is 528 g/mol. The van der Waals surface area contributed by atoms with E-state index in [1.54, 1.807) is 0 Å². The van der Waals surface area contributed by atoms with Crippen LogP contribution in [0.2, 0.25) is 0 Å². The second-order valence-corrected chi connectivity index (χ2v) is 13.1. The lowest BCUT2D eigenvalue weighted by Crippen LogP contribution is -2.66. The lowest BCUT2D eigenvalue weighted by atomic mass is 9.16. The van der Waals surface area contributed by atoms with E-state index in [-0.39, 0.29) is 0 Å². The molecule has 0 atom stereocenters. The smallest absolute Gasteiger partial charge is 0.184 e. The summed E-state index contributed by atoms with van der Waals surface area (Å²) in [6.07, 6.45) is -1.61. The van der Waals surface area contributed by atoms with E-state index in [4.69, 9.17) is 0 Å². The van der Waals surface area contributed by atoms with Crippen LogP contribution in [-0.4, -0.2) is 6.15 Å². The maximum absolute atomic E-state index is 4.11. The Labute approximate surface area is 238 Å². The van der Waals surface area contributed by atoms with Crippen molar-refractivity contribution < 1.29 is 0 Å². The summed E-state index contributed by atoms with van der Waals surface area (Å²) >= 11 is 0. The molecule has 190 valence electrons. The lowest BCUT2D eigenvalue weighted by molar-refractivity contribution is 1.69. The minimum Gasteiger partial charge on any atom is -0.254 e. The van der Waals surface area contributed by atoms with E-state index in [0.29, 0.717) is 0 Å². The Hall–Kier alpha value is -4.63. The molecule has 0 heterocycles. The maximum Gasteiger partial charge on any atom is 0.184 e. The van der Waals surface area contributed by atoms with Crippen LogP contribution < -0.4 is 32.3 Å². The second kappa shape index (κ2) is 11.6. The molecule has 0 aromatic heterocycles. The largest absolute Gasteiger partial charge is 0.254 e. The zero-order valence-electron chi connectivity index (χ0n) is 22.3. The first kappa shape index (κ1) is 25.6. The Morgan fingerprint density at radius 3 is 0.850 bits per heavy atom. The predicted octanol–water partition coefficient (Wildman–Crippen LogP) is 5.65. The van der Waals surface area contributed by atoms with Gasteiger partial charge in [0.1, 0.15) is 15.9 Å². The molecule has 40 heavy (non-hydrogen) atoms. The average molecular weight is 528 g/mol. The molecule has 0 aliphatic rings. The predicted molar refractivity (Wildman–Crippen MR) is 177 cm³/mol. The van der Waals surface area contributed by atoms with Gasteiger partial charge in [-0.3, -0.25) is 5.82 Å². The van der Waals surface area contributed by atoms with Crippen LogP contribution in [0, 0.1) is 11.5 Å². The highest BCUT2D eigenvalue weighted by atomic mass is 31.2. The molecule has 0 spiro atoms. The minimum atomic E-state index is -2.36. The highest BCUT2D eigenvalue weighted by Gasteiger charge is 2.45. The molecule has 0 nitrogen and oxygen atoms in total. The van der Waals surface area contributed by atoms with E-state index in [0.717, 1.165) is 0 Å². The number of benzene rings is 6. The van der Waals surface area contributed by atoms with Gasteiger partial charge in [-0.1, -0.05) is 146 Å². The van der Waals surface area contributed by atoms with Gasteiger partial charge in [-0.2, -0.15) is 16.4 Å². The summed E-state index contributed by atoms with van der Waals surface area (Å²) in [5, 5.41) is 3.79. The molecule has 0 N–H and O–H groups in total. The summed E-state index contributed by atoms with van der Waals surface area (Å²) in [6, 6.07) is 65.1. The van der Waals surface area contributed by atoms with E-state index in [1.165, 1.54) is 32.3 Å². The zero-order chi connectivity index (χ0) is 27.1. The molecule has 0 amide bonds. The fourth-order valence-electron chi connectivity index (χ4n) is 5.84. The summed E-state index contributed by atoms with van der Waals surface area (Å²) in [6.45, 7) is 0. The van der Waals surface area contributed by atoms with Gasteiger partial charge in [-0.25, -0.2) is 0 Å². The Morgan fingerprint density at radius 2 is 0.575 bits per heavy atom. The van der Waals surface area contributed by atoms with Gasteiger partial charge in [0.2, 0.25) is 0 Å². The molecule has 2 heteroatoms. The van der Waals surface area contributed by atoms with Crippen LogP contribution in [0.25, 0.3) is 0 Å². The number of hydrogen-bond acceptors (Lipinski definition) is 0. The highest BCUT2D eigenvalue weighted by Crippen LogP contribution is 2.54. The highest BCUT2D eigenvalue weighted by molar-refractivity contribution is 7.99. The first-order chi connectivity index (χ1) is 19.8. The molecular formula is C38H30BP. The van der Waals surface area contributed by atoms with Crippen molar-refractivity contribution in [1.29, 1.82) is 0 Å². The molecule has 6 aromatic rings. The van der Waals surface area contributed by atoms with Crippen molar-refractivity contribution in [2.75, 3.05) is 0 Å². The van der Waals surface area contributed by atoms with E-state index in [1.807, 2.05) is 0 Å². The van der Waals surface area contributed by atoms with Crippen molar-refractivity contribution in [2.45, 2.75) is 0 Å². The van der Waals surface area contributed by atoms with Crippen LogP contribution in [0.15, 0.2) is 182 Å². The first-order valence-electron chi connectivity index (χ1n) is 13.8. The van der Waals surface area contributed by atoms with Crippen molar-refractivity contribution in [2.24, 2.45) is 0 Å². The van der Waals surface area contributed by atoms with E-state index < -0.39 is 13.4 Å². The molecule has 0 fully saturated rings. The third kappa shape index (κ3) is 4.69. The number of rotatable bonds is 6. The average Bonchev–Trinajstić information content (AvgIpc) is 3.06. The molecule has 0 aliphatic heterocycles. The standard InChI is InChI=1S/C38H30BP/c1-7-19-33(20-8-1)39(34-21-9-2-10-22-34,35-23-11-3-12-24-35)31-32-40(36-25-13-4-14-26-36,37-27-15-5-16-28-37)38-29-17-6-18-30-38/h1-30H. The van der Waals surface area contributed by atoms with Gasteiger partial charge < -0.3 is 0 Å². The van der Waals surface area contributed by atoms with Crippen LogP contribution in [0.4, 0.5) is 0 Å². The Kier molecular flexibility index (Phi) is 7.46. The molecule has 0 saturated heterocycles. The van der Waals surface area contributed by atoms with Crippen molar-refractivity contribution >= 4 is 45.7 Å². The molecule has 0 saturated carbocycles. The molecular weight excluding hydrogens is 498 g/mol. The first-order valence-corrected chi connectivity index (χ1v) is 15.6. The molecule has 0 unspecified atom stereocenters. The van der Waals surface area contributed by atoms with Crippen molar-refractivity contribution in [3.05, 3.63) is 182 Å². The maximum atomic E-state index is 4.11. The van der Waals surface area contributed by atoms with Gasteiger partial charge in [0.05, 0.1) is 0 Å². The van der Waals surface area contributed by atoms with Gasteiger partial charge in [-0.05, 0) is 36.4 Å². The lowest BCUT2D eigenvalue weighted by Gasteiger charge is -2.38. The minimum absolute atomic E-state index is 1.22. The van der Waals surface area contributed by atoms with Crippen LogP contribution in [-0.2, 0) is 0 Å². The summed E-state index contributed by atoms with van der Waals surface area (Å²) in [5.74, 6) is 4.08. The van der Waals surface area contributed by atoms with Gasteiger partial charge in [-0.15, -0.1) is 0 Å². The topological polar surface area (TPSA) is 0 Å². The molecule has 0 radical (unpaired) electrons. The normalized spacial score (nSPS) is 11.3. The van der Waals surface area contributed by atoms with Crippen LogP contribution >= 0.6 is 7.26 Å². The zero-order valence-corrected chi connectivity index (χ0v) is 23.2. The van der Waals surface area contributed by atoms with Crippen molar-refractivity contribution in [1.82, 2.24) is 0 Å². The quantitative estimate of drug-likeness (QED) is 0.149. The van der Waals surface area contributed by atoms with Crippen molar-refractivity contribution in [3.63, 3.8) is 0 Å². The van der Waals surface area contributed by atoms with Crippen LogP contribution in [0.1, 0.15) is 0 Å². The Morgan fingerprint density at radius 1 is 0.325 bits per heavy atom. The molecule has 6 rings (SSSR count). The fraction of sp³-hybridized carbons (Fsp3) is 0. The summed E-state index contributed by atoms with van der Waals surface area (Å²) < 4.78 is 0. The third-order valence-electron chi connectivity index (χ3n) is 7.78. The molecule has 0 aliphatic carbocycles. The van der Waals surface area contributed by atoms with Crippen molar-refractivity contribution in [3.8, 4) is 11.5 Å². The van der Waals surface area contributed by atoms with Crippen LogP contribution in [0.3, 0.4) is 0 Å². The summed E-state index contributed by atoms with van der Waals surface area (Å²) in [7, 11) is -2.36. The van der Waals surface area contributed by atoms with E-state index in [9.17, 15) is 0 Å². The summed E-state index contributed by atoms with van der Waals surface area (Å²) in [4.78, 5) is 0. The Bertz CT molecular complexity index is 1380. The van der Waals surface area contributed by atoms with Gasteiger partial charge in [0.15, 0.2) is 13.4 Å². The summed E-state index contributed by atoms with van der Waals surface area (Å²) in [5.41, 5.74) is 7.77. The SMILES string of the molecule is C(#C[P+](c1ccccc1)(c1ccccc1)c1ccccc1)[B-](c1ccccc1)(c1ccccc1)c1ccccc1. The van der Waals surface area contributed by atoms with Crippen LogP contribution in [0.5, 0.6) is 0 Å². The Balaban J connectivity index is 1.75. The van der Waals surface area contributed by atoms with E-state index in [2.05, 4.69) is 193 Å². The van der Waals surface area contributed by atoms with E-state index >= 15 is 0 Å². The fourth-order valence-corrected chi connectivity index (χ4v) is 9.37. The number of hydrogen-bond donors (Lipinski definition) is 0. The van der Waals surface area contributed by atoms with Gasteiger partial charge >= 0.3 is 0 Å². The third-order valence-corrected chi connectivity index (χ3v) is 11.5. The van der Waals surface area contributed by atoms with Gasteiger partial charge in [0.25, 0.3) is 0 Å². The van der Waals surface area contributed by atoms with Gasteiger partial charge in [0, 0.05) is 5.66 Å². The second-order valence-electron chi connectivity index (χ2n) is 10.0.